The number of carbonyl (C=O) groups is 4. The van der Waals surface area contributed by atoms with Crippen molar-refractivity contribution in [3.8, 4) is 0 Å². The summed E-state index contributed by atoms with van der Waals surface area (Å²) in [4.78, 5) is 56.4. The molecule has 48 heavy (non-hydrogen) atoms. The van der Waals surface area contributed by atoms with Crippen LogP contribution in [-0.2, 0) is 19.1 Å². The molecule has 0 spiro atoms. The van der Waals surface area contributed by atoms with Crippen LogP contribution in [-0.4, -0.2) is 87.8 Å². The van der Waals surface area contributed by atoms with E-state index in [-0.39, 0.29) is 23.8 Å². The Kier molecular flexibility index (Phi) is 11.4. The predicted octanol–water partition coefficient (Wildman–Crippen LogP) is 7.09. The molecule has 10 heteroatoms. The van der Waals surface area contributed by atoms with Gasteiger partial charge in [0.2, 0.25) is 5.91 Å². The number of amides is 3. The number of benzene rings is 3. The largest absolute Gasteiger partial charge is 0.480 e. The SMILES string of the molecule is C[C@H](c1cccc2ccccc12)N(CC1CCN(C(=O)CN(CC(=O)O)C(=O)OC(C)(C)C)CC1c1ccccc1)C(=O)OC(C)(C)C. The Morgan fingerprint density at radius 1 is 0.833 bits per heavy atom. The van der Waals surface area contributed by atoms with Gasteiger partial charge in [-0.15, -0.1) is 0 Å². The van der Waals surface area contributed by atoms with Crippen molar-refractivity contribution in [1.82, 2.24) is 14.7 Å². The van der Waals surface area contributed by atoms with Crippen molar-refractivity contribution in [3.05, 3.63) is 83.9 Å². The van der Waals surface area contributed by atoms with Gasteiger partial charge in [-0.1, -0.05) is 72.8 Å². The normalized spacial score (nSPS) is 17.4. The fourth-order valence-electron chi connectivity index (χ4n) is 6.21. The minimum atomic E-state index is -1.24. The quantitative estimate of drug-likeness (QED) is 0.261. The molecule has 10 nitrogen and oxygen atoms in total. The van der Waals surface area contributed by atoms with E-state index in [0.29, 0.717) is 26.1 Å². The molecule has 0 saturated carbocycles. The second-order valence-electron chi connectivity index (χ2n) is 14.5. The highest BCUT2D eigenvalue weighted by atomic mass is 16.6. The summed E-state index contributed by atoms with van der Waals surface area (Å²) >= 11 is 0. The molecule has 2 unspecified atom stereocenters. The lowest BCUT2D eigenvalue weighted by Gasteiger charge is -2.42. The number of nitrogens with zero attached hydrogens (tertiary/aromatic N) is 3. The van der Waals surface area contributed by atoms with Crippen LogP contribution in [0.1, 0.15) is 78.0 Å². The summed E-state index contributed by atoms with van der Waals surface area (Å²) in [7, 11) is 0. The van der Waals surface area contributed by atoms with Crippen LogP contribution in [0, 0.1) is 5.92 Å². The third-order valence-electron chi connectivity index (χ3n) is 8.44. The van der Waals surface area contributed by atoms with Crippen LogP contribution in [0.3, 0.4) is 0 Å². The first-order valence-corrected chi connectivity index (χ1v) is 16.5. The van der Waals surface area contributed by atoms with Crippen molar-refractivity contribution in [1.29, 1.82) is 0 Å². The van der Waals surface area contributed by atoms with E-state index in [1.54, 1.807) is 25.7 Å². The third kappa shape index (κ3) is 9.71. The van der Waals surface area contributed by atoms with Crippen LogP contribution < -0.4 is 0 Å². The van der Waals surface area contributed by atoms with Gasteiger partial charge < -0.3 is 24.4 Å². The number of aliphatic carboxylic acids is 1. The Morgan fingerprint density at radius 3 is 2.08 bits per heavy atom. The molecule has 0 radical (unpaired) electrons. The average molecular weight is 660 g/mol. The third-order valence-corrected chi connectivity index (χ3v) is 8.44. The highest BCUT2D eigenvalue weighted by Gasteiger charge is 2.38. The smallest absolute Gasteiger partial charge is 0.411 e. The Bertz CT molecular complexity index is 1590. The number of hydrogen-bond donors (Lipinski definition) is 1. The molecule has 4 rings (SSSR count). The Balaban J connectivity index is 1.62. The van der Waals surface area contributed by atoms with Crippen LogP contribution in [0.2, 0.25) is 0 Å². The summed E-state index contributed by atoms with van der Waals surface area (Å²) in [5.74, 6) is -1.77. The molecular weight excluding hydrogens is 610 g/mol. The summed E-state index contributed by atoms with van der Waals surface area (Å²) in [6, 6.07) is 23.8. The number of ether oxygens (including phenoxy) is 2. The summed E-state index contributed by atoms with van der Waals surface area (Å²) in [5, 5.41) is 11.6. The maximum absolute atomic E-state index is 13.9. The molecule has 3 aromatic carbocycles. The summed E-state index contributed by atoms with van der Waals surface area (Å²) in [5.41, 5.74) is 0.495. The molecule has 1 aliphatic rings. The van der Waals surface area contributed by atoms with E-state index < -0.39 is 42.4 Å². The highest BCUT2D eigenvalue weighted by Crippen LogP contribution is 2.37. The van der Waals surface area contributed by atoms with E-state index in [1.165, 1.54) is 0 Å². The zero-order valence-corrected chi connectivity index (χ0v) is 29.1. The Labute approximate surface area is 283 Å². The van der Waals surface area contributed by atoms with Gasteiger partial charge in [0.15, 0.2) is 0 Å². The molecule has 3 amide bonds. The summed E-state index contributed by atoms with van der Waals surface area (Å²) < 4.78 is 11.3. The molecule has 1 fully saturated rings. The van der Waals surface area contributed by atoms with Gasteiger partial charge in [0, 0.05) is 25.6 Å². The van der Waals surface area contributed by atoms with Gasteiger partial charge in [0.25, 0.3) is 0 Å². The number of carboxylic acid groups (broad SMARTS) is 1. The maximum Gasteiger partial charge on any atom is 0.411 e. The van der Waals surface area contributed by atoms with Crippen LogP contribution >= 0.6 is 0 Å². The van der Waals surface area contributed by atoms with Crippen molar-refractivity contribution >= 4 is 34.8 Å². The Morgan fingerprint density at radius 2 is 1.44 bits per heavy atom. The van der Waals surface area contributed by atoms with Crippen molar-refractivity contribution < 1.29 is 33.8 Å². The lowest BCUT2D eigenvalue weighted by molar-refractivity contribution is -0.140. The lowest BCUT2D eigenvalue weighted by atomic mass is 9.80. The number of hydrogen-bond acceptors (Lipinski definition) is 6. The van der Waals surface area contributed by atoms with Crippen molar-refractivity contribution in [3.63, 3.8) is 0 Å². The van der Waals surface area contributed by atoms with E-state index in [0.717, 1.165) is 26.8 Å². The van der Waals surface area contributed by atoms with Gasteiger partial charge in [-0.05, 0) is 82.7 Å². The van der Waals surface area contributed by atoms with Crippen molar-refractivity contribution in [2.75, 3.05) is 32.7 Å². The minimum absolute atomic E-state index is 0.0256. The number of rotatable bonds is 9. The molecule has 0 aliphatic carbocycles. The lowest BCUT2D eigenvalue weighted by Crippen LogP contribution is -2.51. The topological polar surface area (TPSA) is 117 Å². The number of carboxylic acids is 1. The second kappa shape index (κ2) is 15.1. The zero-order chi connectivity index (χ0) is 35.2. The van der Waals surface area contributed by atoms with Gasteiger partial charge in [-0.3, -0.25) is 14.5 Å². The molecule has 1 heterocycles. The molecule has 1 N–H and O–H groups in total. The molecule has 258 valence electrons. The zero-order valence-electron chi connectivity index (χ0n) is 29.1. The van der Waals surface area contributed by atoms with Gasteiger partial charge >= 0.3 is 18.2 Å². The predicted molar refractivity (Wildman–Crippen MR) is 185 cm³/mol. The highest BCUT2D eigenvalue weighted by molar-refractivity contribution is 5.87. The Hall–Kier alpha value is -4.60. The average Bonchev–Trinajstić information content (AvgIpc) is 3.01. The van der Waals surface area contributed by atoms with E-state index in [4.69, 9.17) is 9.47 Å². The maximum atomic E-state index is 13.9. The number of carbonyl (C=O) groups excluding carboxylic acids is 3. The second-order valence-corrected chi connectivity index (χ2v) is 14.5. The molecule has 0 aromatic heterocycles. The fraction of sp³-hybridized carbons (Fsp3) is 0.474. The van der Waals surface area contributed by atoms with E-state index in [1.807, 2.05) is 87.2 Å². The van der Waals surface area contributed by atoms with Crippen LogP contribution in [0.15, 0.2) is 72.8 Å². The van der Waals surface area contributed by atoms with Crippen molar-refractivity contribution in [2.24, 2.45) is 5.92 Å². The molecule has 1 aliphatic heterocycles. The first-order chi connectivity index (χ1) is 22.5. The number of fused-ring (bicyclic) bond motifs is 1. The van der Waals surface area contributed by atoms with Crippen LogP contribution in [0.4, 0.5) is 9.59 Å². The number of piperidine rings is 1. The van der Waals surface area contributed by atoms with E-state index in [9.17, 15) is 24.3 Å². The van der Waals surface area contributed by atoms with Crippen LogP contribution in [0.25, 0.3) is 10.8 Å². The summed E-state index contributed by atoms with van der Waals surface area (Å²) in [6.45, 7) is 12.7. The summed E-state index contributed by atoms with van der Waals surface area (Å²) in [6.07, 6.45) is -0.684. The monoisotopic (exact) mass is 659 g/mol. The van der Waals surface area contributed by atoms with E-state index in [2.05, 4.69) is 18.2 Å². The standard InChI is InChI=1S/C38H49N3O7/c1-26(30-19-13-17-27-16-11-12-18-31(27)30)41(36(46)48-38(5,6)7)22-29-20-21-39(23-32(29)28-14-9-8-10-15-28)33(42)24-40(25-34(43)44)35(45)47-37(2,3)4/h8-19,26,29,32H,20-25H2,1-7H3,(H,43,44)/t26-,29?,32?/m1/s1. The number of likely N-dealkylation sites (tertiary alicyclic amines) is 1. The molecule has 3 atom stereocenters. The molecule has 3 aromatic rings. The minimum Gasteiger partial charge on any atom is -0.480 e. The van der Waals surface area contributed by atoms with Gasteiger partial charge in [0.05, 0.1) is 6.04 Å². The van der Waals surface area contributed by atoms with Crippen molar-refractivity contribution in [2.45, 2.75) is 78.0 Å². The first kappa shape index (κ1) is 36.2. The van der Waals surface area contributed by atoms with Crippen LogP contribution in [0.5, 0.6) is 0 Å². The molecular formula is C38H49N3O7. The molecule has 1 saturated heterocycles. The van der Waals surface area contributed by atoms with Gasteiger partial charge in [-0.25, -0.2) is 9.59 Å². The van der Waals surface area contributed by atoms with Gasteiger partial charge in [-0.2, -0.15) is 0 Å². The molecule has 0 bridgehead atoms. The van der Waals surface area contributed by atoms with Gasteiger partial charge in [0.1, 0.15) is 24.3 Å². The fourth-order valence-corrected chi connectivity index (χ4v) is 6.21. The first-order valence-electron chi connectivity index (χ1n) is 16.5. The van der Waals surface area contributed by atoms with E-state index >= 15 is 0 Å².